The maximum Gasteiger partial charge on any atom is 0.262 e. The van der Waals surface area contributed by atoms with Gasteiger partial charge in [0.1, 0.15) is 6.04 Å². The van der Waals surface area contributed by atoms with Crippen LogP contribution < -0.4 is 0 Å². The Morgan fingerprint density at radius 1 is 1.04 bits per heavy atom. The molecule has 0 N–H and O–H groups in total. The summed E-state index contributed by atoms with van der Waals surface area (Å²) in [6.45, 7) is 5.92. The van der Waals surface area contributed by atoms with Gasteiger partial charge in [-0.25, -0.2) is 0 Å². The molecule has 1 aromatic carbocycles. The Bertz CT molecular complexity index is 776. The normalized spacial score (nSPS) is 21.6. The van der Waals surface area contributed by atoms with Crippen molar-refractivity contribution in [3.05, 3.63) is 34.9 Å². The van der Waals surface area contributed by atoms with Gasteiger partial charge >= 0.3 is 0 Å². The molecular weight excluding hydrogens is 308 g/mol. The molecule has 0 bridgehead atoms. The number of likely N-dealkylation sites (N-methyl/N-ethyl adjacent to an activating group) is 1. The van der Waals surface area contributed by atoms with Gasteiger partial charge in [-0.05, 0) is 23.5 Å². The van der Waals surface area contributed by atoms with Crippen molar-refractivity contribution in [3.8, 4) is 0 Å². The van der Waals surface area contributed by atoms with Crippen LogP contribution in [0.2, 0.25) is 0 Å². The molecule has 1 aromatic rings. The first-order chi connectivity index (χ1) is 11.1. The number of hydrogen-bond acceptors (Lipinski definition) is 4. The number of rotatable bonds is 1. The van der Waals surface area contributed by atoms with Crippen LogP contribution >= 0.6 is 0 Å². The van der Waals surface area contributed by atoms with Crippen molar-refractivity contribution in [1.82, 2.24) is 9.80 Å². The van der Waals surface area contributed by atoms with Crippen LogP contribution in [0.3, 0.4) is 0 Å². The van der Waals surface area contributed by atoms with Crippen LogP contribution in [-0.2, 0) is 15.0 Å². The molecule has 2 aliphatic heterocycles. The van der Waals surface area contributed by atoms with Gasteiger partial charge in [0.25, 0.3) is 17.7 Å². The third-order valence-corrected chi connectivity index (χ3v) is 4.69. The molecule has 3 rings (SSSR count). The Morgan fingerprint density at radius 3 is 2.33 bits per heavy atom. The Balaban J connectivity index is 2.05. The number of nitrogens with zero attached hydrogens (tertiary/aromatic N) is 2. The minimum Gasteiger partial charge on any atom is -0.284 e. The number of benzene rings is 1. The van der Waals surface area contributed by atoms with Gasteiger partial charge in [-0.2, -0.15) is 0 Å². The van der Waals surface area contributed by atoms with Crippen LogP contribution in [0.25, 0.3) is 0 Å². The number of fused-ring (bicyclic) bond motifs is 1. The summed E-state index contributed by atoms with van der Waals surface area (Å²) in [6.07, 6.45) is 0.324. The molecule has 1 saturated heterocycles. The van der Waals surface area contributed by atoms with Crippen LogP contribution in [-0.4, -0.2) is 46.5 Å². The number of carbonyl (C=O) groups excluding carboxylic acids is 4. The van der Waals surface area contributed by atoms with E-state index < -0.39 is 23.8 Å². The van der Waals surface area contributed by atoms with Gasteiger partial charge in [0.15, 0.2) is 0 Å². The van der Waals surface area contributed by atoms with Crippen molar-refractivity contribution in [2.45, 2.75) is 45.1 Å². The van der Waals surface area contributed by atoms with E-state index in [1.165, 1.54) is 7.05 Å². The molecule has 126 valence electrons. The molecule has 1 unspecified atom stereocenters. The van der Waals surface area contributed by atoms with Gasteiger partial charge in [0.05, 0.1) is 11.1 Å². The molecule has 24 heavy (non-hydrogen) atoms. The van der Waals surface area contributed by atoms with E-state index in [9.17, 15) is 19.2 Å². The summed E-state index contributed by atoms with van der Waals surface area (Å²) in [4.78, 5) is 51.8. The number of carbonyl (C=O) groups is 4. The predicted octanol–water partition coefficient (Wildman–Crippen LogP) is 1.73. The van der Waals surface area contributed by atoms with Crippen LogP contribution in [0.15, 0.2) is 18.2 Å². The Labute approximate surface area is 140 Å². The third-order valence-electron chi connectivity index (χ3n) is 4.69. The zero-order valence-corrected chi connectivity index (χ0v) is 14.3. The second-order valence-corrected chi connectivity index (χ2v) is 7.30. The maximum absolute atomic E-state index is 13.0. The highest BCUT2D eigenvalue weighted by Crippen LogP contribution is 2.35. The SMILES string of the molecule is CN1C(=O)CCC(N2C(=O)c3cccc(C(C)(C)C)c3C2=O)C1=O. The molecule has 2 heterocycles. The monoisotopic (exact) mass is 328 g/mol. The Morgan fingerprint density at radius 2 is 1.71 bits per heavy atom. The van der Waals surface area contributed by atoms with Crippen molar-refractivity contribution in [1.29, 1.82) is 0 Å². The van der Waals surface area contributed by atoms with Gasteiger partial charge in [-0.15, -0.1) is 0 Å². The van der Waals surface area contributed by atoms with Crippen LogP contribution in [0.5, 0.6) is 0 Å². The molecule has 6 heteroatoms. The standard InChI is InChI=1S/C18H20N2O4/c1-18(2,3)11-7-5-6-10-14(11)17(24)20(15(10)22)12-8-9-13(21)19(4)16(12)23/h5-7,12H,8-9H2,1-4H3. The largest absolute Gasteiger partial charge is 0.284 e. The quantitative estimate of drug-likeness (QED) is 0.736. The summed E-state index contributed by atoms with van der Waals surface area (Å²) >= 11 is 0. The molecule has 1 fully saturated rings. The maximum atomic E-state index is 13.0. The molecule has 0 radical (unpaired) electrons. The summed E-state index contributed by atoms with van der Waals surface area (Å²) in [5, 5.41) is 0. The molecule has 0 saturated carbocycles. The van der Waals surface area contributed by atoms with Gasteiger partial charge in [-0.3, -0.25) is 29.0 Å². The Kier molecular flexibility index (Phi) is 3.59. The van der Waals surface area contributed by atoms with Gasteiger partial charge in [0.2, 0.25) is 5.91 Å². The summed E-state index contributed by atoms with van der Waals surface area (Å²) in [7, 11) is 1.38. The lowest BCUT2D eigenvalue weighted by Crippen LogP contribution is -2.54. The molecule has 1 atom stereocenters. The number of imide groups is 2. The molecule has 0 spiro atoms. The molecule has 6 nitrogen and oxygen atoms in total. The zero-order chi connectivity index (χ0) is 17.8. The summed E-state index contributed by atoms with van der Waals surface area (Å²) in [5.41, 5.74) is 1.19. The molecule has 4 amide bonds. The van der Waals surface area contributed by atoms with Gasteiger partial charge in [-0.1, -0.05) is 32.9 Å². The second-order valence-electron chi connectivity index (χ2n) is 7.30. The van der Waals surface area contributed by atoms with Crippen LogP contribution in [0.1, 0.15) is 59.9 Å². The number of likely N-dealkylation sites (tertiary alicyclic amines) is 1. The highest BCUT2D eigenvalue weighted by Gasteiger charge is 2.47. The number of hydrogen-bond donors (Lipinski definition) is 0. The van der Waals surface area contributed by atoms with Crippen LogP contribution in [0, 0.1) is 0 Å². The summed E-state index contributed by atoms with van der Waals surface area (Å²) in [5.74, 6) is -1.69. The van der Waals surface area contributed by atoms with Crippen molar-refractivity contribution < 1.29 is 19.2 Å². The molecule has 0 aromatic heterocycles. The van der Waals surface area contributed by atoms with E-state index in [0.29, 0.717) is 11.1 Å². The van der Waals surface area contributed by atoms with E-state index >= 15 is 0 Å². The zero-order valence-electron chi connectivity index (χ0n) is 14.3. The average molecular weight is 328 g/mol. The first-order valence-electron chi connectivity index (χ1n) is 7.96. The lowest BCUT2D eigenvalue weighted by Gasteiger charge is -2.32. The molecular formula is C18H20N2O4. The number of piperidine rings is 1. The van der Waals surface area contributed by atoms with E-state index in [1.807, 2.05) is 26.8 Å². The lowest BCUT2D eigenvalue weighted by molar-refractivity contribution is -0.149. The van der Waals surface area contributed by atoms with Crippen molar-refractivity contribution in [2.75, 3.05) is 7.05 Å². The van der Waals surface area contributed by atoms with Crippen molar-refractivity contribution in [2.24, 2.45) is 0 Å². The highest BCUT2D eigenvalue weighted by atomic mass is 16.2. The summed E-state index contributed by atoms with van der Waals surface area (Å²) in [6, 6.07) is 4.30. The molecule has 0 aliphatic carbocycles. The first-order valence-corrected chi connectivity index (χ1v) is 7.96. The van der Waals surface area contributed by atoms with Crippen LogP contribution in [0.4, 0.5) is 0 Å². The minimum atomic E-state index is -0.909. The number of amides is 4. The Hall–Kier alpha value is -2.50. The highest BCUT2D eigenvalue weighted by molar-refractivity contribution is 6.24. The third kappa shape index (κ3) is 2.25. The van der Waals surface area contributed by atoms with Crippen molar-refractivity contribution >= 4 is 23.6 Å². The smallest absolute Gasteiger partial charge is 0.262 e. The minimum absolute atomic E-state index is 0.145. The second kappa shape index (κ2) is 5.26. The predicted molar refractivity (Wildman–Crippen MR) is 86.4 cm³/mol. The molecule has 2 aliphatic rings. The average Bonchev–Trinajstić information content (AvgIpc) is 2.77. The fraction of sp³-hybridized carbons (Fsp3) is 0.444. The topological polar surface area (TPSA) is 74.8 Å². The van der Waals surface area contributed by atoms with Crippen molar-refractivity contribution in [3.63, 3.8) is 0 Å². The van der Waals surface area contributed by atoms with E-state index in [-0.39, 0.29) is 24.2 Å². The van der Waals surface area contributed by atoms with Gasteiger partial charge < -0.3 is 0 Å². The fourth-order valence-electron chi connectivity index (χ4n) is 3.35. The lowest BCUT2D eigenvalue weighted by atomic mass is 9.82. The van der Waals surface area contributed by atoms with E-state index in [0.717, 1.165) is 15.4 Å². The first kappa shape index (κ1) is 16.4. The van der Waals surface area contributed by atoms with E-state index in [4.69, 9.17) is 0 Å². The van der Waals surface area contributed by atoms with E-state index in [2.05, 4.69) is 0 Å². The van der Waals surface area contributed by atoms with E-state index in [1.54, 1.807) is 12.1 Å². The van der Waals surface area contributed by atoms with Gasteiger partial charge in [0, 0.05) is 13.5 Å². The summed E-state index contributed by atoms with van der Waals surface area (Å²) < 4.78 is 0. The fourth-order valence-corrected chi connectivity index (χ4v) is 3.35.